The van der Waals surface area contributed by atoms with Gasteiger partial charge in [-0.2, -0.15) is 0 Å². The first-order valence-corrected chi connectivity index (χ1v) is 11.6. The van der Waals surface area contributed by atoms with Crippen LogP contribution >= 0.6 is 38.5 Å². The summed E-state index contributed by atoms with van der Waals surface area (Å²) in [6.45, 7) is 8.16. The number of aryl methyl sites for hydroxylation is 2. The Morgan fingerprint density at radius 2 is 1.75 bits per heavy atom. The first-order chi connectivity index (χ1) is 13.3. The summed E-state index contributed by atoms with van der Waals surface area (Å²) < 4.78 is 3.57. The lowest BCUT2D eigenvalue weighted by atomic mass is 10.0. The highest BCUT2D eigenvalue weighted by Gasteiger charge is 2.23. The second-order valence-electron chi connectivity index (χ2n) is 6.97. The summed E-state index contributed by atoms with van der Waals surface area (Å²) in [7, 11) is 1.92. The van der Waals surface area contributed by atoms with Gasteiger partial charge in [-0.3, -0.25) is 9.59 Å². The van der Waals surface area contributed by atoms with Crippen molar-refractivity contribution in [1.29, 1.82) is 0 Å². The predicted octanol–water partition coefficient (Wildman–Crippen LogP) is 5.78. The topological polar surface area (TPSA) is 51.1 Å². The molecular formula is C22H28BrIN2O2. The highest BCUT2D eigenvalue weighted by molar-refractivity contribution is 14.1. The molecule has 0 radical (unpaired) electrons. The number of nitrogens with zero attached hydrogens (tertiary/aromatic N) is 1. The maximum Gasteiger partial charge on any atom is 0.261 e. The molecular weight excluding hydrogens is 531 g/mol. The van der Waals surface area contributed by atoms with Gasteiger partial charge in [-0.25, -0.2) is 0 Å². The van der Waals surface area contributed by atoms with E-state index >= 15 is 0 Å². The number of benzene rings is 1. The van der Waals surface area contributed by atoms with Gasteiger partial charge in [-0.05, 0) is 94.4 Å². The van der Waals surface area contributed by atoms with E-state index in [9.17, 15) is 9.59 Å². The fraction of sp³-hybridized carbons (Fsp3) is 0.455. The zero-order chi connectivity index (χ0) is 21.0. The van der Waals surface area contributed by atoms with Crippen molar-refractivity contribution in [2.24, 2.45) is 7.05 Å². The minimum atomic E-state index is -0.321. The Hall–Kier alpha value is -1.15. The number of carbonyl (C=O) groups excluding carboxylic acids is 1. The van der Waals surface area contributed by atoms with Crippen LogP contribution in [0.15, 0.2) is 21.4 Å². The molecule has 0 fully saturated rings. The number of aromatic nitrogens is 1. The number of amides is 1. The summed E-state index contributed by atoms with van der Waals surface area (Å²) >= 11 is 5.69. The number of carbonyl (C=O) groups is 1. The summed E-state index contributed by atoms with van der Waals surface area (Å²) in [5.74, 6) is -0.321. The molecule has 1 N–H and O–H groups in total. The number of pyridine rings is 1. The quantitative estimate of drug-likeness (QED) is 0.438. The first-order valence-electron chi connectivity index (χ1n) is 9.77. The molecule has 0 bridgehead atoms. The number of unbranched alkanes of at least 4 members (excludes halogenated alkanes) is 1. The van der Waals surface area contributed by atoms with Gasteiger partial charge in [0, 0.05) is 27.7 Å². The SMILES string of the molecule is CCCCc1c(C(=O)Nc2c(CC)cc(I)cc2CC)c(=O)c(Br)c(C)n1C. The van der Waals surface area contributed by atoms with Crippen molar-refractivity contribution in [1.82, 2.24) is 4.57 Å². The van der Waals surface area contributed by atoms with E-state index < -0.39 is 0 Å². The van der Waals surface area contributed by atoms with E-state index in [0.717, 1.165) is 57.5 Å². The van der Waals surface area contributed by atoms with Crippen LogP contribution in [-0.4, -0.2) is 10.5 Å². The molecule has 0 atom stereocenters. The Morgan fingerprint density at radius 1 is 1.18 bits per heavy atom. The third kappa shape index (κ3) is 4.70. The molecule has 2 rings (SSSR count). The first kappa shape index (κ1) is 23.1. The normalized spacial score (nSPS) is 11.0. The molecule has 6 heteroatoms. The zero-order valence-corrected chi connectivity index (χ0v) is 21.0. The standard InChI is InChI=1S/C22H28BrIN2O2/c1-6-9-10-17-18(21(27)19(23)13(4)26(17)5)22(28)25-20-14(7-2)11-16(24)12-15(20)8-3/h11-12H,6-10H2,1-5H3,(H,25,28). The molecule has 1 aromatic heterocycles. The molecule has 0 saturated heterocycles. The summed E-state index contributed by atoms with van der Waals surface area (Å²) in [4.78, 5) is 26.3. The predicted molar refractivity (Wildman–Crippen MR) is 129 cm³/mol. The average Bonchev–Trinajstić information content (AvgIpc) is 2.68. The van der Waals surface area contributed by atoms with E-state index in [1.54, 1.807) is 0 Å². The van der Waals surface area contributed by atoms with Crippen LogP contribution in [0.5, 0.6) is 0 Å². The Balaban J connectivity index is 2.61. The van der Waals surface area contributed by atoms with E-state index in [-0.39, 0.29) is 16.9 Å². The maximum atomic E-state index is 13.3. The molecule has 0 aliphatic rings. The minimum Gasteiger partial charge on any atom is -0.350 e. The van der Waals surface area contributed by atoms with Crippen molar-refractivity contribution in [3.05, 3.63) is 58.5 Å². The Labute approximate surface area is 189 Å². The van der Waals surface area contributed by atoms with Gasteiger partial charge >= 0.3 is 0 Å². The molecule has 0 saturated carbocycles. The van der Waals surface area contributed by atoms with Crippen LogP contribution in [0.3, 0.4) is 0 Å². The number of anilines is 1. The van der Waals surface area contributed by atoms with E-state index in [1.165, 1.54) is 0 Å². The number of halogens is 2. The van der Waals surface area contributed by atoms with Crippen LogP contribution < -0.4 is 10.7 Å². The molecule has 1 aromatic carbocycles. The Bertz CT molecular complexity index is 926. The van der Waals surface area contributed by atoms with Gasteiger partial charge in [-0.15, -0.1) is 0 Å². The van der Waals surface area contributed by atoms with Gasteiger partial charge in [-0.1, -0.05) is 27.2 Å². The third-order valence-electron chi connectivity index (χ3n) is 5.20. The Kier molecular flexibility index (Phi) is 8.30. The van der Waals surface area contributed by atoms with Gasteiger partial charge in [0.2, 0.25) is 5.43 Å². The number of rotatable bonds is 7. The molecule has 4 nitrogen and oxygen atoms in total. The highest BCUT2D eigenvalue weighted by Crippen LogP contribution is 2.27. The molecule has 2 aromatic rings. The Morgan fingerprint density at radius 3 is 2.25 bits per heavy atom. The molecule has 28 heavy (non-hydrogen) atoms. The smallest absolute Gasteiger partial charge is 0.261 e. The van der Waals surface area contributed by atoms with E-state index in [4.69, 9.17) is 0 Å². The fourth-order valence-electron chi connectivity index (χ4n) is 3.41. The van der Waals surface area contributed by atoms with Crippen molar-refractivity contribution >= 4 is 50.1 Å². The van der Waals surface area contributed by atoms with E-state index in [2.05, 4.69) is 76.7 Å². The summed E-state index contributed by atoms with van der Waals surface area (Å²) in [6, 6.07) is 4.19. The van der Waals surface area contributed by atoms with Gasteiger partial charge in [0.05, 0.1) is 4.47 Å². The molecule has 152 valence electrons. The van der Waals surface area contributed by atoms with E-state index in [1.807, 2.05) is 18.5 Å². The average molecular weight is 559 g/mol. The lowest BCUT2D eigenvalue weighted by Crippen LogP contribution is -2.29. The molecule has 0 aliphatic carbocycles. The largest absolute Gasteiger partial charge is 0.350 e. The van der Waals surface area contributed by atoms with Crippen molar-refractivity contribution < 1.29 is 4.79 Å². The third-order valence-corrected chi connectivity index (χ3v) is 6.76. The number of hydrogen-bond donors (Lipinski definition) is 1. The van der Waals surface area contributed by atoms with E-state index in [0.29, 0.717) is 10.9 Å². The van der Waals surface area contributed by atoms with Crippen molar-refractivity contribution in [3.8, 4) is 0 Å². The van der Waals surface area contributed by atoms with Crippen LogP contribution in [0, 0.1) is 10.5 Å². The lowest BCUT2D eigenvalue weighted by molar-refractivity contribution is 0.102. The highest BCUT2D eigenvalue weighted by atomic mass is 127. The summed E-state index contributed by atoms with van der Waals surface area (Å²) in [6.07, 6.45) is 4.27. The van der Waals surface area contributed by atoms with Gasteiger partial charge in [0.15, 0.2) is 0 Å². The number of nitrogens with one attached hydrogen (secondary N) is 1. The monoisotopic (exact) mass is 558 g/mol. The zero-order valence-electron chi connectivity index (χ0n) is 17.2. The number of hydrogen-bond acceptors (Lipinski definition) is 2. The van der Waals surface area contributed by atoms with Crippen LogP contribution in [0.1, 0.15) is 66.5 Å². The maximum absolute atomic E-state index is 13.3. The summed E-state index contributed by atoms with van der Waals surface area (Å²) in [5.41, 5.74) is 4.68. The van der Waals surface area contributed by atoms with Crippen molar-refractivity contribution in [2.45, 2.75) is 59.8 Å². The van der Waals surface area contributed by atoms with Crippen molar-refractivity contribution in [3.63, 3.8) is 0 Å². The molecule has 1 amide bonds. The van der Waals surface area contributed by atoms with Crippen LogP contribution in [0.2, 0.25) is 0 Å². The molecule has 0 spiro atoms. The van der Waals surface area contributed by atoms with Gasteiger partial charge < -0.3 is 9.88 Å². The van der Waals surface area contributed by atoms with Crippen LogP contribution in [0.4, 0.5) is 5.69 Å². The molecule has 0 unspecified atom stereocenters. The van der Waals surface area contributed by atoms with Crippen molar-refractivity contribution in [2.75, 3.05) is 5.32 Å². The minimum absolute atomic E-state index is 0.235. The van der Waals surface area contributed by atoms with Crippen LogP contribution in [-0.2, 0) is 26.3 Å². The summed E-state index contributed by atoms with van der Waals surface area (Å²) in [5, 5.41) is 3.08. The van der Waals surface area contributed by atoms with Gasteiger partial charge in [0.25, 0.3) is 5.91 Å². The lowest BCUT2D eigenvalue weighted by Gasteiger charge is -2.20. The molecule has 1 heterocycles. The second-order valence-corrected chi connectivity index (χ2v) is 9.01. The molecule has 0 aliphatic heterocycles. The van der Waals surface area contributed by atoms with Crippen LogP contribution in [0.25, 0.3) is 0 Å². The fourth-order valence-corrected chi connectivity index (χ4v) is 4.63. The van der Waals surface area contributed by atoms with Gasteiger partial charge in [0.1, 0.15) is 5.56 Å². The second kappa shape index (κ2) is 10.1.